The molecule has 22 heavy (non-hydrogen) atoms. The van der Waals surface area contributed by atoms with Crippen LogP contribution in [0.4, 0.5) is 11.4 Å². The Morgan fingerprint density at radius 1 is 1.27 bits per heavy atom. The maximum absolute atomic E-state index is 11.7. The molecule has 1 aliphatic heterocycles. The van der Waals surface area contributed by atoms with E-state index >= 15 is 0 Å². The molecule has 0 aliphatic carbocycles. The molecule has 1 saturated heterocycles. The molecule has 0 saturated carbocycles. The van der Waals surface area contributed by atoms with Crippen molar-refractivity contribution in [1.29, 1.82) is 0 Å². The van der Waals surface area contributed by atoms with Crippen LogP contribution in [-0.2, 0) is 19.1 Å². The smallest absolute Gasteiger partial charge is 0.350 e. The Morgan fingerprint density at radius 3 is 2.41 bits per heavy atom. The maximum atomic E-state index is 11.7. The number of nitrogens with zero attached hydrogens (tertiary/aromatic N) is 1. The molecule has 1 fully saturated rings. The van der Waals surface area contributed by atoms with Crippen LogP contribution in [0.1, 0.15) is 13.8 Å². The van der Waals surface area contributed by atoms with E-state index in [-0.39, 0.29) is 16.9 Å². The van der Waals surface area contributed by atoms with Crippen molar-refractivity contribution in [2.24, 2.45) is 0 Å². The summed E-state index contributed by atoms with van der Waals surface area (Å²) in [5, 5.41) is 13.5. The summed E-state index contributed by atoms with van der Waals surface area (Å²) in [6.45, 7) is 2.85. The summed E-state index contributed by atoms with van der Waals surface area (Å²) in [6, 6.07) is 4.30. The first kappa shape index (κ1) is 16.0. The molecule has 9 heteroatoms. The molecule has 2 rings (SSSR count). The Bertz CT molecular complexity index is 676. The van der Waals surface area contributed by atoms with Gasteiger partial charge in [-0.05, 0) is 12.1 Å². The number of anilines is 1. The summed E-state index contributed by atoms with van der Waals surface area (Å²) < 4.78 is 10.3. The minimum atomic E-state index is -1.34. The highest BCUT2D eigenvalue weighted by Gasteiger charge is 2.39. The third-order valence-electron chi connectivity index (χ3n) is 2.65. The predicted molar refractivity (Wildman–Crippen MR) is 78.8 cm³/mol. The van der Waals surface area contributed by atoms with Gasteiger partial charge in [0.25, 0.3) is 11.5 Å². The standard InChI is InChI=1S/C13H11BrN2O6/c1-13(2)21-11(17)8(12(18)22-13)6-15-9-4-3-7(14)5-10(9)16(19)20/h3-6,15H,1-2H3. The molecule has 116 valence electrons. The molecule has 1 heterocycles. The van der Waals surface area contributed by atoms with Crippen molar-refractivity contribution in [3.8, 4) is 0 Å². The van der Waals surface area contributed by atoms with Gasteiger partial charge in [-0.25, -0.2) is 9.59 Å². The number of halogens is 1. The van der Waals surface area contributed by atoms with Gasteiger partial charge >= 0.3 is 11.9 Å². The van der Waals surface area contributed by atoms with Crippen LogP contribution in [0.15, 0.2) is 34.4 Å². The number of cyclic esters (lactones) is 2. The van der Waals surface area contributed by atoms with Crippen molar-refractivity contribution in [2.75, 3.05) is 5.32 Å². The molecule has 1 N–H and O–H groups in total. The van der Waals surface area contributed by atoms with Gasteiger partial charge in [0.15, 0.2) is 5.57 Å². The van der Waals surface area contributed by atoms with E-state index in [2.05, 4.69) is 21.2 Å². The molecule has 0 unspecified atom stereocenters. The molecule has 0 spiro atoms. The number of carbonyl (C=O) groups is 2. The highest BCUT2D eigenvalue weighted by Crippen LogP contribution is 2.29. The Labute approximate surface area is 133 Å². The van der Waals surface area contributed by atoms with Gasteiger partial charge in [0.2, 0.25) is 0 Å². The van der Waals surface area contributed by atoms with Gasteiger partial charge in [-0.3, -0.25) is 10.1 Å². The van der Waals surface area contributed by atoms with E-state index in [4.69, 9.17) is 9.47 Å². The number of nitrogens with one attached hydrogen (secondary N) is 1. The van der Waals surface area contributed by atoms with Crippen LogP contribution < -0.4 is 5.32 Å². The first-order valence-corrected chi connectivity index (χ1v) is 6.86. The number of hydrogen-bond donors (Lipinski definition) is 1. The molecular weight excluding hydrogens is 360 g/mol. The minimum Gasteiger partial charge on any atom is -0.419 e. The van der Waals surface area contributed by atoms with Gasteiger partial charge in [0.05, 0.1) is 4.92 Å². The van der Waals surface area contributed by atoms with Crippen molar-refractivity contribution in [2.45, 2.75) is 19.6 Å². The zero-order chi connectivity index (χ0) is 16.5. The average Bonchev–Trinajstić information content (AvgIpc) is 2.37. The maximum Gasteiger partial charge on any atom is 0.350 e. The second-order valence-electron chi connectivity index (χ2n) is 4.80. The van der Waals surface area contributed by atoms with Crippen LogP contribution >= 0.6 is 15.9 Å². The second kappa shape index (κ2) is 5.76. The summed E-state index contributed by atoms with van der Waals surface area (Å²) >= 11 is 3.13. The normalized spacial score (nSPS) is 16.6. The summed E-state index contributed by atoms with van der Waals surface area (Å²) in [5.41, 5.74) is -0.480. The number of benzene rings is 1. The molecule has 1 aromatic rings. The molecule has 0 bridgehead atoms. The summed E-state index contributed by atoms with van der Waals surface area (Å²) in [5.74, 6) is -3.07. The molecule has 0 radical (unpaired) electrons. The monoisotopic (exact) mass is 370 g/mol. The van der Waals surface area contributed by atoms with Crippen molar-refractivity contribution >= 4 is 39.2 Å². The van der Waals surface area contributed by atoms with E-state index in [0.29, 0.717) is 4.47 Å². The first-order valence-electron chi connectivity index (χ1n) is 6.07. The quantitative estimate of drug-likeness (QED) is 0.286. The van der Waals surface area contributed by atoms with Crippen LogP contribution in [-0.4, -0.2) is 22.6 Å². The largest absolute Gasteiger partial charge is 0.419 e. The van der Waals surface area contributed by atoms with Gasteiger partial charge < -0.3 is 14.8 Å². The minimum absolute atomic E-state index is 0.117. The van der Waals surface area contributed by atoms with Crippen molar-refractivity contribution in [3.63, 3.8) is 0 Å². The fourth-order valence-electron chi connectivity index (χ4n) is 1.71. The van der Waals surface area contributed by atoms with Gasteiger partial charge in [0, 0.05) is 30.6 Å². The number of nitro benzene ring substituents is 1. The van der Waals surface area contributed by atoms with Crippen LogP contribution in [0.25, 0.3) is 0 Å². The topological polar surface area (TPSA) is 108 Å². The lowest BCUT2D eigenvalue weighted by Gasteiger charge is -2.29. The lowest BCUT2D eigenvalue weighted by Crippen LogP contribution is -2.42. The molecular formula is C13H11BrN2O6. The Hall–Kier alpha value is -2.42. The number of rotatable bonds is 3. The number of hydrogen-bond acceptors (Lipinski definition) is 7. The Balaban J connectivity index is 2.27. The molecule has 0 aromatic heterocycles. The third-order valence-corrected chi connectivity index (χ3v) is 3.14. The number of ether oxygens (including phenoxy) is 2. The van der Waals surface area contributed by atoms with Crippen molar-refractivity contribution < 1.29 is 24.0 Å². The average molecular weight is 371 g/mol. The zero-order valence-corrected chi connectivity index (χ0v) is 13.2. The summed E-state index contributed by atoms with van der Waals surface area (Å²) in [6.07, 6.45) is 1.02. The number of nitro groups is 1. The van der Waals surface area contributed by atoms with E-state index < -0.39 is 22.6 Å². The predicted octanol–water partition coefficient (Wildman–Crippen LogP) is 2.49. The van der Waals surface area contributed by atoms with E-state index in [1.54, 1.807) is 6.07 Å². The molecule has 1 aliphatic rings. The number of carbonyl (C=O) groups excluding carboxylic acids is 2. The second-order valence-corrected chi connectivity index (χ2v) is 5.72. The van der Waals surface area contributed by atoms with Crippen molar-refractivity contribution in [1.82, 2.24) is 0 Å². The van der Waals surface area contributed by atoms with E-state index in [0.717, 1.165) is 6.20 Å². The van der Waals surface area contributed by atoms with E-state index in [1.807, 2.05) is 0 Å². The zero-order valence-electron chi connectivity index (χ0n) is 11.6. The lowest BCUT2D eigenvalue weighted by molar-refractivity contribution is -0.384. The third kappa shape index (κ3) is 3.42. The number of esters is 2. The van der Waals surface area contributed by atoms with Crippen molar-refractivity contribution in [3.05, 3.63) is 44.6 Å². The highest BCUT2D eigenvalue weighted by atomic mass is 79.9. The van der Waals surface area contributed by atoms with E-state index in [9.17, 15) is 19.7 Å². The van der Waals surface area contributed by atoms with Gasteiger partial charge in [-0.1, -0.05) is 15.9 Å². The van der Waals surface area contributed by atoms with Crippen LogP contribution in [0, 0.1) is 10.1 Å². The van der Waals surface area contributed by atoms with Crippen LogP contribution in [0.5, 0.6) is 0 Å². The molecule has 8 nitrogen and oxygen atoms in total. The Kier molecular flexibility index (Phi) is 4.18. The summed E-state index contributed by atoms with van der Waals surface area (Å²) in [7, 11) is 0. The molecule has 1 aromatic carbocycles. The summed E-state index contributed by atoms with van der Waals surface area (Å²) in [4.78, 5) is 33.9. The van der Waals surface area contributed by atoms with Gasteiger partial charge in [0.1, 0.15) is 5.69 Å². The SMILES string of the molecule is CC1(C)OC(=O)C(=CNc2ccc(Br)cc2[N+](=O)[O-])C(=O)O1. The molecule has 0 atom stereocenters. The van der Waals surface area contributed by atoms with Gasteiger partial charge in [-0.2, -0.15) is 0 Å². The van der Waals surface area contributed by atoms with Crippen LogP contribution in [0.2, 0.25) is 0 Å². The highest BCUT2D eigenvalue weighted by molar-refractivity contribution is 9.10. The first-order chi connectivity index (χ1) is 10.2. The lowest BCUT2D eigenvalue weighted by atomic mass is 10.2. The molecule has 0 amide bonds. The Morgan fingerprint density at radius 2 is 1.86 bits per heavy atom. The fourth-order valence-corrected chi connectivity index (χ4v) is 2.06. The van der Waals surface area contributed by atoms with Crippen LogP contribution in [0.3, 0.4) is 0 Å². The van der Waals surface area contributed by atoms with E-state index in [1.165, 1.54) is 26.0 Å². The fraction of sp³-hybridized carbons (Fsp3) is 0.231. The van der Waals surface area contributed by atoms with Gasteiger partial charge in [-0.15, -0.1) is 0 Å².